The van der Waals surface area contributed by atoms with E-state index in [9.17, 15) is 9.59 Å². The fraction of sp³-hybridized carbons (Fsp3) is 0.333. The van der Waals surface area contributed by atoms with Gasteiger partial charge in [0.25, 0.3) is 0 Å². The second-order valence-corrected chi connectivity index (χ2v) is 6.22. The van der Waals surface area contributed by atoms with Gasteiger partial charge in [-0.25, -0.2) is 0 Å². The molecule has 0 aliphatic heterocycles. The van der Waals surface area contributed by atoms with E-state index < -0.39 is 0 Å². The zero-order chi connectivity index (χ0) is 20.4. The number of carbonyl (C=O) groups excluding carboxylic acids is 2. The van der Waals surface area contributed by atoms with Gasteiger partial charge in [-0.15, -0.1) is 0 Å². The summed E-state index contributed by atoms with van der Waals surface area (Å²) >= 11 is 0. The van der Waals surface area contributed by atoms with Crippen LogP contribution in [0.2, 0.25) is 0 Å². The highest BCUT2D eigenvalue weighted by Gasteiger charge is 2.06. The van der Waals surface area contributed by atoms with Crippen LogP contribution in [0.4, 0.5) is 11.4 Å². The summed E-state index contributed by atoms with van der Waals surface area (Å²) < 4.78 is 10.5. The summed E-state index contributed by atoms with van der Waals surface area (Å²) in [6, 6.07) is 13.1. The molecule has 0 aromatic heterocycles. The summed E-state index contributed by atoms with van der Waals surface area (Å²) in [5, 5.41) is 8.81. The van der Waals surface area contributed by atoms with Crippen LogP contribution in [-0.2, 0) is 16.0 Å². The van der Waals surface area contributed by atoms with Crippen LogP contribution in [0.25, 0.3) is 0 Å². The quantitative estimate of drug-likeness (QED) is 0.585. The van der Waals surface area contributed by atoms with Crippen molar-refractivity contribution < 1.29 is 19.1 Å². The first-order valence-corrected chi connectivity index (χ1v) is 9.11. The second-order valence-electron chi connectivity index (χ2n) is 6.22. The minimum absolute atomic E-state index is 0.0113. The lowest BCUT2D eigenvalue weighted by atomic mass is 10.1. The fourth-order valence-corrected chi connectivity index (χ4v) is 2.67. The molecule has 7 nitrogen and oxygen atoms in total. The van der Waals surface area contributed by atoms with E-state index in [1.807, 2.05) is 42.5 Å². The first-order valence-electron chi connectivity index (χ1n) is 9.11. The van der Waals surface area contributed by atoms with Gasteiger partial charge >= 0.3 is 0 Å². The molecule has 2 rings (SSSR count). The van der Waals surface area contributed by atoms with Crippen LogP contribution >= 0.6 is 0 Å². The van der Waals surface area contributed by atoms with Crippen LogP contribution in [0.1, 0.15) is 18.9 Å². The minimum atomic E-state index is -0.106. The van der Waals surface area contributed by atoms with Gasteiger partial charge in [-0.05, 0) is 48.4 Å². The first-order chi connectivity index (χ1) is 13.5. The molecule has 2 aromatic rings. The van der Waals surface area contributed by atoms with E-state index in [0.29, 0.717) is 37.4 Å². The summed E-state index contributed by atoms with van der Waals surface area (Å²) in [6.45, 7) is 2.55. The van der Waals surface area contributed by atoms with Crippen LogP contribution < -0.4 is 25.4 Å². The maximum atomic E-state index is 12.0. The van der Waals surface area contributed by atoms with Crippen molar-refractivity contribution in [1.29, 1.82) is 0 Å². The number of rotatable bonds is 10. The van der Waals surface area contributed by atoms with Gasteiger partial charge < -0.3 is 25.4 Å². The molecule has 2 aromatic carbocycles. The molecule has 150 valence electrons. The fourth-order valence-electron chi connectivity index (χ4n) is 2.67. The van der Waals surface area contributed by atoms with Crippen molar-refractivity contribution in [2.24, 2.45) is 0 Å². The molecule has 0 heterocycles. The Morgan fingerprint density at radius 3 is 2.21 bits per heavy atom. The third kappa shape index (κ3) is 6.83. The standard InChI is InChI=1S/C21H27N3O4/c1-15(25)24-18-7-5-17(6-8-18)22-13-11-21(26)23-12-10-16-4-9-19(27-2)20(14-16)28-3/h4-9,14,22H,10-13H2,1-3H3,(H,23,26)(H,24,25). The molecule has 0 fully saturated rings. The Hall–Kier alpha value is -3.22. The number of hydrogen-bond acceptors (Lipinski definition) is 5. The van der Waals surface area contributed by atoms with Gasteiger partial charge in [0.2, 0.25) is 11.8 Å². The highest BCUT2D eigenvalue weighted by molar-refractivity contribution is 5.88. The number of amides is 2. The minimum Gasteiger partial charge on any atom is -0.493 e. The Bertz CT molecular complexity index is 791. The molecule has 0 aliphatic rings. The number of benzene rings is 2. The molecule has 7 heteroatoms. The van der Waals surface area contributed by atoms with Crippen molar-refractivity contribution >= 4 is 23.2 Å². The van der Waals surface area contributed by atoms with Crippen molar-refractivity contribution in [3.05, 3.63) is 48.0 Å². The van der Waals surface area contributed by atoms with E-state index in [-0.39, 0.29) is 11.8 Å². The third-order valence-electron chi connectivity index (χ3n) is 4.07. The SMILES string of the molecule is COc1ccc(CCNC(=O)CCNc2ccc(NC(C)=O)cc2)cc1OC. The smallest absolute Gasteiger partial charge is 0.221 e. The van der Waals surface area contributed by atoms with Gasteiger partial charge in [0.1, 0.15) is 0 Å². The summed E-state index contributed by atoms with van der Waals surface area (Å²) in [4.78, 5) is 23.0. The monoisotopic (exact) mass is 385 g/mol. The Balaban J connectivity index is 1.68. The second kappa shape index (κ2) is 10.8. The van der Waals surface area contributed by atoms with E-state index in [1.165, 1.54) is 6.92 Å². The number of carbonyl (C=O) groups is 2. The summed E-state index contributed by atoms with van der Waals surface area (Å²) in [6.07, 6.45) is 1.09. The van der Waals surface area contributed by atoms with Crippen LogP contribution in [0, 0.1) is 0 Å². The summed E-state index contributed by atoms with van der Waals surface area (Å²) in [7, 11) is 3.20. The molecular formula is C21H27N3O4. The molecule has 0 atom stereocenters. The van der Waals surface area contributed by atoms with Crippen LogP contribution in [-0.4, -0.2) is 39.1 Å². The van der Waals surface area contributed by atoms with Gasteiger partial charge in [-0.2, -0.15) is 0 Å². The average molecular weight is 385 g/mol. The molecular weight excluding hydrogens is 358 g/mol. The zero-order valence-corrected chi connectivity index (χ0v) is 16.5. The first kappa shape index (κ1) is 21.1. The Labute approximate surface area is 165 Å². The predicted octanol–water partition coefficient (Wildman–Crippen LogP) is 2.82. The average Bonchev–Trinajstić information content (AvgIpc) is 2.68. The van der Waals surface area contributed by atoms with Crippen molar-refractivity contribution in [3.8, 4) is 11.5 Å². The molecule has 3 N–H and O–H groups in total. The molecule has 0 aliphatic carbocycles. The van der Waals surface area contributed by atoms with E-state index in [4.69, 9.17) is 9.47 Å². The summed E-state index contributed by atoms with van der Waals surface area (Å²) in [5.41, 5.74) is 2.70. The maximum Gasteiger partial charge on any atom is 0.221 e. The highest BCUT2D eigenvalue weighted by Crippen LogP contribution is 2.27. The number of anilines is 2. The molecule has 0 unspecified atom stereocenters. The van der Waals surface area contributed by atoms with Crippen LogP contribution in [0.15, 0.2) is 42.5 Å². The van der Waals surface area contributed by atoms with Crippen molar-refractivity contribution in [2.75, 3.05) is 37.9 Å². The Morgan fingerprint density at radius 2 is 1.57 bits per heavy atom. The topological polar surface area (TPSA) is 88.7 Å². The maximum absolute atomic E-state index is 12.0. The van der Waals surface area contributed by atoms with Crippen molar-refractivity contribution in [3.63, 3.8) is 0 Å². The van der Waals surface area contributed by atoms with Crippen molar-refractivity contribution in [2.45, 2.75) is 19.8 Å². The van der Waals surface area contributed by atoms with E-state index in [2.05, 4.69) is 16.0 Å². The molecule has 2 amide bonds. The van der Waals surface area contributed by atoms with Gasteiger partial charge in [-0.3, -0.25) is 9.59 Å². The lowest BCUT2D eigenvalue weighted by molar-refractivity contribution is -0.120. The molecule has 28 heavy (non-hydrogen) atoms. The number of hydrogen-bond donors (Lipinski definition) is 3. The van der Waals surface area contributed by atoms with Gasteiger partial charge in [-0.1, -0.05) is 6.07 Å². The van der Waals surface area contributed by atoms with Gasteiger partial charge in [0, 0.05) is 37.8 Å². The number of ether oxygens (including phenoxy) is 2. The van der Waals surface area contributed by atoms with Crippen LogP contribution in [0.3, 0.4) is 0 Å². The lowest BCUT2D eigenvalue weighted by Crippen LogP contribution is -2.27. The largest absolute Gasteiger partial charge is 0.493 e. The molecule has 0 spiro atoms. The van der Waals surface area contributed by atoms with Crippen LogP contribution in [0.5, 0.6) is 11.5 Å². The summed E-state index contributed by atoms with van der Waals surface area (Å²) in [5.74, 6) is 1.25. The van der Waals surface area contributed by atoms with E-state index >= 15 is 0 Å². The van der Waals surface area contributed by atoms with Gasteiger partial charge in [0.15, 0.2) is 11.5 Å². The normalized spacial score (nSPS) is 10.1. The predicted molar refractivity (Wildman–Crippen MR) is 110 cm³/mol. The number of nitrogens with one attached hydrogen (secondary N) is 3. The van der Waals surface area contributed by atoms with E-state index in [0.717, 1.165) is 16.9 Å². The molecule has 0 bridgehead atoms. The molecule has 0 saturated carbocycles. The Kier molecular flexibility index (Phi) is 8.14. The zero-order valence-electron chi connectivity index (χ0n) is 16.5. The van der Waals surface area contributed by atoms with E-state index in [1.54, 1.807) is 14.2 Å². The third-order valence-corrected chi connectivity index (χ3v) is 4.07. The highest BCUT2D eigenvalue weighted by atomic mass is 16.5. The molecule has 0 saturated heterocycles. The van der Waals surface area contributed by atoms with Crippen molar-refractivity contribution in [1.82, 2.24) is 5.32 Å². The lowest BCUT2D eigenvalue weighted by Gasteiger charge is -2.10. The Morgan fingerprint density at radius 1 is 0.893 bits per heavy atom. The van der Waals surface area contributed by atoms with Gasteiger partial charge in [0.05, 0.1) is 14.2 Å². The molecule has 0 radical (unpaired) electrons. The number of methoxy groups -OCH3 is 2.